The number of halogens is 1. The number of hydrogen-bond donors (Lipinski definition) is 2. The lowest BCUT2D eigenvalue weighted by molar-refractivity contribution is 0.0948. The highest BCUT2D eigenvalue weighted by atomic mass is 35.5. The summed E-state index contributed by atoms with van der Waals surface area (Å²) in [6.07, 6.45) is 0. The van der Waals surface area contributed by atoms with Crippen LogP contribution in [0.25, 0.3) is 10.2 Å². The molecular weight excluding hydrogens is 582 g/mol. The fourth-order valence-corrected chi connectivity index (χ4v) is 6.94. The summed E-state index contributed by atoms with van der Waals surface area (Å²) in [6, 6.07) is 17.0. The van der Waals surface area contributed by atoms with Crippen LogP contribution in [0.4, 0.5) is 10.8 Å². The third-order valence-corrected chi connectivity index (χ3v) is 9.71. The van der Waals surface area contributed by atoms with Crippen LogP contribution in [-0.2, 0) is 10.0 Å². The number of methoxy groups -OCH3 is 1. The van der Waals surface area contributed by atoms with Crippen molar-refractivity contribution < 1.29 is 17.9 Å². The van der Waals surface area contributed by atoms with Gasteiger partial charge in [0, 0.05) is 39.3 Å². The van der Waals surface area contributed by atoms with Crippen LogP contribution in [0.15, 0.2) is 65.6 Å². The first-order valence-corrected chi connectivity index (χ1v) is 15.4. The van der Waals surface area contributed by atoms with Crippen LogP contribution in [0, 0.1) is 13.8 Å². The molecule has 5 rings (SSSR count). The number of rotatable bonds is 9. The summed E-state index contributed by atoms with van der Waals surface area (Å²) < 4.78 is 34.7. The number of aryl methyl sites for hydroxylation is 2. The molecule has 0 atom stereocenters. The van der Waals surface area contributed by atoms with Gasteiger partial charge in [-0.2, -0.15) is 0 Å². The van der Waals surface area contributed by atoms with Gasteiger partial charge in [0.1, 0.15) is 5.75 Å². The van der Waals surface area contributed by atoms with E-state index < -0.39 is 10.0 Å². The molecule has 1 fully saturated rings. The van der Waals surface area contributed by atoms with Crippen LogP contribution in [0.3, 0.4) is 0 Å². The van der Waals surface area contributed by atoms with Gasteiger partial charge in [-0.05, 0) is 61.4 Å². The fourth-order valence-electron chi connectivity index (χ4n) is 4.70. The Morgan fingerprint density at radius 1 is 0.976 bits per heavy atom. The van der Waals surface area contributed by atoms with Gasteiger partial charge in [-0.15, -0.1) is 12.4 Å². The van der Waals surface area contributed by atoms with Crippen LogP contribution >= 0.6 is 23.7 Å². The summed E-state index contributed by atoms with van der Waals surface area (Å²) in [5.41, 5.74) is 4.05. The van der Waals surface area contributed by atoms with E-state index in [2.05, 4.69) is 45.8 Å². The first kappa shape index (κ1) is 30.6. The van der Waals surface area contributed by atoms with Gasteiger partial charge in [0.15, 0.2) is 5.13 Å². The smallest absolute Gasteiger partial charge is 0.261 e. The van der Waals surface area contributed by atoms with E-state index in [9.17, 15) is 13.2 Å². The highest BCUT2D eigenvalue weighted by molar-refractivity contribution is 7.92. The highest BCUT2D eigenvalue weighted by Crippen LogP contribution is 2.33. The van der Waals surface area contributed by atoms with Gasteiger partial charge in [-0.25, -0.2) is 13.4 Å². The Hall–Kier alpha value is -3.38. The Bertz CT molecular complexity index is 1580. The van der Waals surface area contributed by atoms with Crippen LogP contribution in [0.2, 0.25) is 0 Å². The third-order valence-electron chi connectivity index (χ3n) is 7.07. The summed E-state index contributed by atoms with van der Waals surface area (Å²) >= 11 is 1.76. The summed E-state index contributed by atoms with van der Waals surface area (Å²) in [5, 5.41) is 4.01. The molecule has 9 nitrogen and oxygen atoms in total. The van der Waals surface area contributed by atoms with E-state index >= 15 is 0 Å². The van der Waals surface area contributed by atoms with Gasteiger partial charge in [0.2, 0.25) is 0 Å². The normalized spacial score (nSPS) is 14.0. The fraction of sp³-hybridized carbons (Fsp3) is 0.310. The number of sulfonamides is 1. The van der Waals surface area contributed by atoms with Gasteiger partial charge in [-0.3, -0.25) is 14.4 Å². The van der Waals surface area contributed by atoms with Crippen molar-refractivity contribution in [2.45, 2.75) is 18.7 Å². The van der Waals surface area contributed by atoms with E-state index in [-0.39, 0.29) is 34.5 Å². The maximum Gasteiger partial charge on any atom is 0.261 e. The minimum absolute atomic E-state index is 0. The Morgan fingerprint density at radius 2 is 1.66 bits per heavy atom. The van der Waals surface area contributed by atoms with Gasteiger partial charge < -0.3 is 15.0 Å². The number of carbonyl (C=O) groups excluding carboxylic acids is 1. The summed E-state index contributed by atoms with van der Waals surface area (Å²) in [5.74, 6) is 0.231. The predicted octanol–water partition coefficient (Wildman–Crippen LogP) is 4.70. The van der Waals surface area contributed by atoms with E-state index in [1.54, 1.807) is 47.7 Å². The average Bonchev–Trinajstić information content (AvgIpc) is 3.43. The first-order valence-electron chi connectivity index (χ1n) is 13.1. The first-order chi connectivity index (χ1) is 19.2. The second kappa shape index (κ2) is 13.1. The number of nitrogens with one attached hydrogen (secondary N) is 2. The Balaban J connectivity index is 0.00000387. The number of benzene rings is 3. The zero-order valence-electron chi connectivity index (χ0n) is 23.2. The number of anilines is 2. The topological polar surface area (TPSA) is 104 Å². The number of hydrogen-bond acceptors (Lipinski definition) is 8. The molecule has 0 radical (unpaired) electrons. The lowest BCUT2D eigenvalue weighted by atomic mass is 10.1. The van der Waals surface area contributed by atoms with E-state index in [4.69, 9.17) is 9.72 Å². The summed E-state index contributed by atoms with van der Waals surface area (Å²) in [6.45, 7) is 8.90. The van der Waals surface area contributed by atoms with Crippen molar-refractivity contribution in [3.8, 4) is 5.75 Å². The molecule has 1 aliphatic rings. The maximum atomic E-state index is 13.0. The van der Waals surface area contributed by atoms with Crippen LogP contribution in [0.1, 0.15) is 21.5 Å². The molecule has 2 heterocycles. The molecule has 0 unspecified atom stereocenters. The molecule has 4 aromatic rings. The van der Waals surface area contributed by atoms with Crippen molar-refractivity contribution in [3.63, 3.8) is 0 Å². The van der Waals surface area contributed by atoms with Crippen molar-refractivity contribution in [1.29, 1.82) is 0 Å². The second-order valence-electron chi connectivity index (χ2n) is 9.78. The summed E-state index contributed by atoms with van der Waals surface area (Å²) in [4.78, 5) is 22.6. The third kappa shape index (κ3) is 6.92. The monoisotopic (exact) mass is 615 g/mol. The van der Waals surface area contributed by atoms with Crippen molar-refractivity contribution in [2.75, 3.05) is 56.0 Å². The zero-order valence-corrected chi connectivity index (χ0v) is 25.7. The van der Waals surface area contributed by atoms with E-state index in [1.165, 1.54) is 35.1 Å². The molecular formula is C29H34ClN5O4S2. The number of nitrogens with zero attached hydrogens (tertiary/aromatic N) is 3. The van der Waals surface area contributed by atoms with Gasteiger partial charge in [-0.1, -0.05) is 35.6 Å². The van der Waals surface area contributed by atoms with Gasteiger partial charge >= 0.3 is 0 Å². The standard InChI is InChI=1S/C29H33N5O4S2.ClH/c1-20-8-9-21(2)27-26(20)31-29(39-27)34-18-16-33(17-19-34)15-14-30-28(35)24-6-4-5-7-25(24)32-40(36,37)23-12-10-22(38-3)11-13-23;/h4-13,32H,14-19H2,1-3H3,(H,30,35);1H. The molecule has 12 heteroatoms. The van der Waals surface area contributed by atoms with Crippen LogP contribution in [-0.4, -0.2) is 70.6 Å². The number of piperazine rings is 1. The molecule has 0 bridgehead atoms. The molecule has 2 N–H and O–H groups in total. The van der Waals surface area contributed by atoms with Crippen molar-refractivity contribution in [2.24, 2.45) is 0 Å². The molecule has 1 aromatic heterocycles. The van der Waals surface area contributed by atoms with E-state index in [1.807, 2.05) is 0 Å². The maximum absolute atomic E-state index is 13.0. The number of carbonyl (C=O) groups is 1. The number of amides is 1. The number of aromatic nitrogens is 1. The SMILES string of the molecule is COc1ccc(S(=O)(=O)Nc2ccccc2C(=O)NCCN2CCN(c3nc4c(C)ccc(C)c4s3)CC2)cc1.Cl. The second-order valence-corrected chi connectivity index (χ2v) is 12.4. The minimum Gasteiger partial charge on any atom is -0.497 e. The van der Waals surface area contributed by atoms with Crippen LogP contribution < -0.4 is 19.7 Å². The summed E-state index contributed by atoms with van der Waals surface area (Å²) in [7, 11) is -2.36. The van der Waals surface area contributed by atoms with E-state index in [0.29, 0.717) is 18.8 Å². The molecule has 1 aliphatic heterocycles. The number of para-hydroxylation sites is 1. The zero-order chi connectivity index (χ0) is 28.3. The molecule has 3 aromatic carbocycles. The molecule has 41 heavy (non-hydrogen) atoms. The lowest BCUT2D eigenvalue weighted by Crippen LogP contribution is -2.48. The van der Waals surface area contributed by atoms with Gasteiger partial charge in [0.25, 0.3) is 15.9 Å². The quantitative estimate of drug-likeness (QED) is 0.281. The Morgan fingerprint density at radius 3 is 2.34 bits per heavy atom. The molecule has 218 valence electrons. The molecule has 0 spiro atoms. The lowest BCUT2D eigenvalue weighted by Gasteiger charge is -2.34. The molecule has 1 amide bonds. The molecule has 0 saturated carbocycles. The van der Waals surface area contributed by atoms with Crippen LogP contribution in [0.5, 0.6) is 5.75 Å². The Kier molecular flexibility index (Phi) is 9.75. The van der Waals surface area contributed by atoms with Crippen molar-refractivity contribution in [3.05, 3.63) is 77.4 Å². The number of thiazole rings is 1. The van der Waals surface area contributed by atoms with Gasteiger partial charge in [0.05, 0.1) is 33.5 Å². The number of ether oxygens (including phenoxy) is 1. The molecule has 0 aliphatic carbocycles. The van der Waals surface area contributed by atoms with E-state index in [0.717, 1.165) is 36.8 Å². The predicted molar refractivity (Wildman–Crippen MR) is 168 cm³/mol. The largest absolute Gasteiger partial charge is 0.497 e. The molecule has 1 saturated heterocycles. The average molecular weight is 616 g/mol. The van der Waals surface area contributed by atoms with Crippen molar-refractivity contribution >= 4 is 60.7 Å². The Labute approximate surface area is 251 Å². The van der Waals surface area contributed by atoms with Crippen molar-refractivity contribution in [1.82, 2.24) is 15.2 Å². The highest BCUT2D eigenvalue weighted by Gasteiger charge is 2.22. The number of fused-ring (bicyclic) bond motifs is 1. The minimum atomic E-state index is -3.88.